The second-order valence-electron chi connectivity index (χ2n) is 7.05. The maximum absolute atomic E-state index is 13.3. The molecule has 0 aromatic carbocycles. The number of pyridine rings is 1. The van der Waals surface area contributed by atoms with Crippen molar-refractivity contribution < 1.29 is 27.4 Å². The number of rotatable bonds is 2. The molecule has 1 saturated heterocycles. The number of carbonyl (C=O) groups excluding carboxylic acids is 1. The van der Waals surface area contributed by atoms with Crippen molar-refractivity contribution in [2.75, 3.05) is 13.7 Å². The molecule has 2 rings (SSSR count). The zero-order valence-electron chi connectivity index (χ0n) is 15.0. The van der Waals surface area contributed by atoms with Crippen LogP contribution >= 0.6 is 0 Å². The maximum atomic E-state index is 13.3. The zero-order chi connectivity index (χ0) is 19.0. The van der Waals surface area contributed by atoms with E-state index in [2.05, 4.69) is 4.98 Å². The van der Waals surface area contributed by atoms with Gasteiger partial charge in [0.1, 0.15) is 11.2 Å². The SMILES string of the molecule is COc1nc(C)c(C2CCCN2C(=O)OC(C)(C)C)cc1C(F)(F)F. The number of aryl methyl sites for hydroxylation is 1. The Labute approximate surface area is 145 Å². The zero-order valence-corrected chi connectivity index (χ0v) is 15.0. The van der Waals surface area contributed by atoms with E-state index in [1.165, 1.54) is 4.90 Å². The van der Waals surface area contributed by atoms with Crippen molar-refractivity contribution in [1.29, 1.82) is 0 Å². The molecule has 1 atom stereocenters. The summed E-state index contributed by atoms with van der Waals surface area (Å²) in [4.78, 5) is 17.8. The molecular weight excluding hydrogens is 337 g/mol. The first-order valence-corrected chi connectivity index (χ1v) is 8.06. The summed E-state index contributed by atoms with van der Waals surface area (Å²) in [5, 5.41) is 0. The van der Waals surface area contributed by atoms with Crippen molar-refractivity contribution in [3.63, 3.8) is 0 Å². The van der Waals surface area contributed by atoms with Gasteiger partial charge < -0.3 is 14.4 Å². The Hall–Kier alpha value is -1.99. The molecule has 1 fully saturated rings. The number of halogens is 3. The van der Waals surface area contributed by atoms with Gasteiger partial charge in [-0.3, -0.25) is 0 Å². The second kappa shape index (κ2) is 6.72. The molecule has 0 N–H and O–H groups in total. The number of aromatic nitrogens is 1. The Kier molecular flexibility index (Phi) is 5.20. The smallest absolute Gasteiger partial charge is 0.421 e. The summed E-state index contributed by atoms with van der Waals surface area (Å²) in [7, 11) is 1.15. The quantitative estimate of drug-likeness (QED) is 0.780. The molecule has 5 nitrogen and oxygen atoms in total. The number of hydrogen-bond donors (Lipinski definition) is 0. The minimum absolute atomic E-state index is 0.372. The van der Waals surface area contributed by atoms with Crippen LogP contribution in [0.25, 0.3) is 0 Å². The van der Waals surface area contributed by atoms with Gasteiger partial charge in [-0.15, -0.1) is 0 Å². The Morgan fingerprint density at radius 2 is 1.96 bits per heavy atom. The molecule has 0 radical (unpaired) electrons. The highest BCUT2D eigenvalue weighted by Crippen LogP contribution is 2.41. The summed E-state index contributed by atoms with van der Waals surface area (Å²) in [6.07, 6.45) is -3.86. The predicted molar refractivity (Wildman–Crippen MR) is 85.4 cm³/mol. The van der Waals surface area contributed by atoms with Crippen LogP contribution in [0.15, 0.2) is 6.07 Å². The maximum Gasteiger partial charge on any atom is 0.421 e. The normalized spacial score (nSPS) is 18.4. The number of methoxy groups -OCH3 is 1. The van der Waals surface area contributed by atoms with E-state index in [0.29, 0.717) is 30.6 Å². The molecular formula is C17H23F3N2O3. The number of carbonyl (C=O) groups is 1. The summed E-state index contributed by atoms with van der Waals surface area (Å²) >= 11 is 0. The number of alkyl halides is 3. The first-order valence-electron chi connectivity index (χ1n) is 8.06. The van der Waals surface area contributed by atoms with Crippen LogP contribution in [-0.2, 0) is 10.9 Å². The second-order valence-corrected chi connectivity index (χ2v) is 7.05. The lowest BCUT2D eigenvalue weighted by atomic mass is 10.0. The molecule has 1 aliphatic heterocycles. The van der Waals surface area contributed by atoms with Gasteiger partial charge in [0.2, 0.25) is 5.88 Å². The van der Waals surface area contributed by atoms with Gasteiger partial charge >= 0.3 is 12.3 Å². The largest absolute Gasteiger partial charge is 0.481 e. The van der Waals surface area contributed by atoms with E-state index in [1.54, 1.807) is 27.7 Å². The molecule has 2 heterocycles. The van der Waals surface area contributed by atoms with Gasteiger partial charge in [0.15, 0.2) is 0 Å². The van der Waals surface area contributed by atoms with Crippen LogP contribution in [0.3, 0.4) is 0 Å². The number of amides is 1. The highest BCUT2D eigenvalue weighted by molar-refractivity contribution is 5.69. The topological polar surface area (TPSA) is 51.7 Å². The van der Waals surface area contributed by atoms with Gasteiger partial charge in [-0.2, -0.15) is 13.2 Å². The van der Waals surface area contributed by atoms with Gasteiger partial charge in [0, 0.05) is 12.2 Å². The van der Waals surface area contributed by atoms with E-state index in [0.717, 1.165) is 13.2 Å². The van der Waals surface area contributed by atoms with Crippen molar-refractivity contribution in [1.82, 2.24) is 9.88 Å². The summed E-state index contributed by atoms with van der Waals surface area (Å²) < 4.78 is 50.0. The monoisotopic (exact) mass is 360 g/mol. The Morgan fingerprint density at radius 3 is 2.48 bits per heavy atom. The van der Waals surface area contributed by atoms with Gasteiger partial charge in [0.05, 0.1) is 13.2 Å². The average molecular weight is 360 g/mol. The van der Waals surface area contributed by atoms with E-state index in [1.807, 2.05) is 0 Å². The summed E-state index contributed by atoms with van der Waals surface area (Å²) in [6.45, 7) is 7.30. The lowest BCUT2D eigenvalue weighted by Gasteiger charge is -2.29. The molecule has 1 aromatic rings. The van der Waals surface area contributed by atoms with Crippen molar-refractivity contribution in [2.24, 2.45) is 0 Å². The summed E-state index contributed by atoms with van der Waals surface area (Å²) in [5.74, 6) is -0.462. The fraction of sp³-hybridized carbons (Fsp3) is 0.647. The highest BCUT2D eigenvalue weighted by Gasteiger charge is 2.39. The fourth-order valence-corrected chi connectivity index (χ4v) is 2.92. The minimum atomic E-state index is -4.59. The van der Waals surface area contributed by atoms with Crippen molar-refractivity contribution in [3.8, 4) is 5.88 Å². The third-order valence-electron chi connectivity index (χ3n) is 3.96. The third-order valence-corrected chi connectivity index (χ3v) is 3.96. The first kappa shape index (κ1) is 19.3. The minimum Gasteiger partial charge on any atom is -0.481 e. The van der Waals surface area contributed by atoms with Gasteiger partial charge in [0.25, 0.3) is 0 Å². The summed E-state index contributed by atoms with van der Waals surface area (Å²) in [5.41, 5.74) is -0.831. The Morgan fingerprint density at radius 1 is 1.32 bits per heavy atom. The lowest BCUT2D eigenvalue weighted by Crippen LogP contribution is -2.36. The molecule has 0 aliphatic carbocycles. The molecule has 8 heteroatoms. The van der Waals surface area contributed by atoms with Crippen LogP contribution in [0, 0.1) is 6.92 Å². The molecule has 0 bridgehead atoms. The van der Waals surface area contributed by atoms with Gasteiger partial charge in [-0.1, -0.05) is 0 Å². The van der Waals surface area contributed by atoms with E-state index >= 15 is 0 Å². The number of hydrogen-bond acceptors (Lipinski definition) is 4. The molecule has 0 saturated carbocycles. The molecule has 0 spiro atoms. The predicted octanol–water partition coefficient (Wildman–Crippen LogP) is 4.49. The van der Waals surface area contributed by atoms with Crippen LogP contribution in [0.2, 0.25) is 0 Å². The lowest BCUT2D eigenvalue weighted by molar-refractivity contribution is -0.139. The van der Waals surface area contributed by atoms with Crippen LogP contribution in [0.4, 0.5) is 18.0 Å². The van der Waals surface area contributed by atoms with Crippen LogP contribution in [-0.4, -0.2) is 35.2 Å². The summed E-state index contributed by atoms with van der Waals surface area (Å²) in [6, 6.07) is 0.545. The van der Waals surface area contributed by atoms with E-state index in [-0.39, 0.29) is 0 Å². The number of likely N-dealkylation sites (tertiary alicyclic amines) is 1. The van der Waals surface area contributed by atoms with Crippen molar-refractivity contribution in [2.45, 2.75) is 58.4 Å². The first-order chi connectivity index (χ1) is 11.4. The molecule has 1 aliphatic rings. The van der Waals surface area contributed by atoms with Crippen LogP contribution in [0.1, 0.15) is 56.5 Å². The van der Waals surface area contributed by atoms with E-state index in [4.69, 9.17) is 9.47 Å². The molecule has 25 heavy (non-hydrogen) atoms. The molecule has 140 valence electrons. The number of nitrogens with zero attached hydrogens (tertiary/aromatic N) is 2. The van der Waals surface area contributed by atoms with Gasteiger partial charge in [-0.25, -0.2) is 9.78 Å². The van der Waals surface area contributed by atoms with Crippen molar-refractivity contribution >= 4 is 6.09 Å². The Bertz CT molecular complexity index is 654. The Balaban J connectivity index is 2.41. The van der Waals surface area contributed by atoms with Crippen molar-refractivity contribution in [3.05, 3.63) is 22.9 Å². The molecule has 1 amide bonds. The number of ether oxygens (including phenoxy) is 2. The standard InChI is InChI=1S/C17H23F3N2O3/c1-10-11(9-12(17(18,19)20)14(21-10)24-5)13-7-6-8-22(13)15(23)25-16(2,3)4/h9,13H,6-8H2,1-5H3. The van der Waals surface area contributed by atoms with E-state index < -0.39 is 35.4 Å². The van der Waals surface area contributed by atoms with Crippen LogP contribution in [0.5, 0.6) is 5.88 Å². The van der Waals surface area contributed by atoms with Gasteiger partial charge in [-0.05, 0) is 52.2 Å². The molecule has 1 unspecified atom stereocenters. The van der Waals surface area contributed by atoms with E-state index in [9.17, 15) is 18.0 Å². The average Bonchev–Trinajstić information content (AvgIpc) is 2.93. The molecule has 1 aromatic heterocycles. The highest BCUT2D eigenvalue weighted by atomic mass is 19.4. The van der Waals surface area contributed by atoms with Crippen LogP contribution < -0.4 is 4.74 Å². The third kappa shape index (κ3) is 4.35. The fourth-order valence-electron chi connectivity index (χ4n) is 2.92.